The highest BCUT2D eigenvalue weighted by Gasteiger charge is 2.14. The second-order valence-corrected chi connectivity index (χ2v) is 2.52. The molecule has 1 rings (SSSR count). The van der Waals surface area contributed by atoms with Gasteiger partial charge in [0.2, 0.25) is 0 Å². The van der Waals surface area contributed by atoms with Crippen molar-refractivity contribution in [3.8, 4) is 5.75 Å². The lowest BCUT2D eigenvalue weighted by atomic mass is 10.1. The van der Waals surface area contributed by atoms with Gasteiger partial charge in [0.1, 0.15) is 5.82 Å². The summed E-state index contributed by atoms with van der Waals surface area (Å²) < 4.78 is 30.2. The molecule has 0 aliphatic heterocycles. The Morgan fingerprint density at radius 1 is 1.38 bits per heavy atom. The Labute approximate surface area is 74.1 Å². The lowest BCUT2D eigenvalue weighted by molar-refractivity contribution is 0.101. The highest BCUT2D eigenvalue weighted by molar-refractivity contribution is 5.96. The maximum absolute atomic E-state index is 13.0. The Balaban J connectivity index is 3.38. The van der Waals surface area contributed by atoms with Crippen molar-refractivity contribution < 1.29 is 18.3 Å². The smallest absolute Gasteiger partial charge is 0.168 e. The fourth-order valence-corrected chi connectivity index (χ4v) is 1.03. The van der Waals surface area contributed by atoms with Gasteiger partial charge in [-0.15, -0.1) is 0 Å². The van der Waals surface area contributed by atoms with E-state index in [0.717, 1.165) is 6.07 Å². The minimum Gasteiger partial charge on any atom is -0.493 e. The molecule has 1 aromatic rings. The number of ketones is 1. The van der Waals surface area contributed by atoms with Crippen LogP contribution in [0.25, 0.3) is 0 Å². The van der Waals surface area contributed by atoms with Crippen LogP contribution < -0.4 is 4.74 Å². The maximum Gasteiger partial charge on any atom is 0.168 e. The predicted molar refractivity (Wildman–Crippen MR) is 42.9 cm³/mol. The Kier molecular flexibility index (Phi) is 2.60. The average molecular weight is 186 g/mol. The van der Waals surface area contributed by atoms with E-state index in [2.05, 4.69) is 4.74 Å². The molecule has 13 heavy (non-hydrogen) atoms. The Morgan fingerprint density at radius 2 is 2.00 bits per heavy atom. The molecule has 0 atom stereocenters. The first kappa shape index (κ1) is 9.64. The molecule has 0 unspecified atom stereocenters. The van der Waals surface area contributed by atoms with Crippen molar-refractivity contribution >= 4 is 5.78 Å². The quantitative estimate of drug-likeness (QED) is 0.661. The first-order valence-electron chi connectivity index (χ1n) is 3.60. The van der Waals surface area contributed by atoms with E-state index >= 15 is 0 Å². The van der Waals surface area contributed by atoms with Crippen LogP contribution in [0.4, 0.5) is 8.78 Å². The number of carbonyl (C=O) groups excluding carboxylic acids is 1. The van der Waals surface area contributed by atoms with Gasteiger partial charge >= 0.3 is 0 Å². The lowest BCUT2D eigenvalue weighted by Crippen LogP contribution is -2.01. The lowest BCUT2D eigenvalue weighted by Gasteiger charge is -2.06. The van der Waals surface area contributed by atoms with E-state index in [1.54, 1.807) is 0 Å². The second-order valence-electron chi connectivity index (χ2n) is 2.52. The summed E-state index contributed by atoms with van der Waals surface area (Å²) in [4.78, 5) is 10.9. The molecular weight excluding hydrogens is 178 g/mol. The number of hydrogen-bond acceptors (Lipinski definition) is 2. The Bertz CT molecular complexity index is 348. The summed E-state index contributed by atoms with van der Waals surface area (Å²) in [5.74, 6) is -2.31. The summed E-state index contributed by atoms with van der Waals surface area (Å²) >= 11 is 0. The molecule has 70 valence electrons. The summed E-state index contributed by atoms with van der Waals surface area (Å²) in [6.07, 6.45) is 0. The van der Waals surface area contributed by atoms with Crippen LogP contribution in [0, 0.1) is 11.6 Å². The van der Waals surface area contributed by atoms with E-state index in [9.17, 15) is 13.6 Å². The van der Waals surface area contributed by atoms with Crippen LogP contribution >= 0.6 is 0 Å². The molecule has 4 heteroatoms. The largest absolute Gasteiger partial charge is 0.493 e. The van der Waals surface area contributed by atoms with E-state index < -0.39 is 17.4 Å². The fraction of sp³-hybridized carbons (Fsp3) is 0.222. The van der Waals surface area contributed by atoms with Gasteiger partial charge in [-0.25, -0.2) is 8.78 Å². The van der Waals surface area contributed by atoms with E-state index in [1.165, 1.54) is 14.0 Å². The molecular formula is C9H8F2O2. The first-order chi connectivity index (χ1) is 6.06. The van der Waals surface area contributed by atoms with Gasteiger partial charge in [0.25, 0.3) is 0 Å². The molecule has 0 aliphatic carbocycles. The molecule has 2 nitrogen and oxygen atoms in total. The van der Waals surface area contributed by atoms with Crippen LogP contribution in [-0.2, 0) is 0 Å². The Hall–Kier alpha value is -1.45. The second kappa shape index (κ2) is 3.51. The molecule has 0 N–H and O–H groups in total. The van der Waals surface area contributed by atoms with Crippen molar-refractivity contribution in [2.75, 3.05) is 7.11 Å². The van der Waals surface area contributed by atoms with E-state index in [1.807, 2.05) is 0 Å². The number of methoxy groups -OCH3 is 1. The molecule has 0 spiro atoms. The van der Waals surface area contributed by atoms with Gasteiger partial charge in [0.15, 0.2) is 17.3 Å². The van der Waals surface area contributed by atoms with Gasteiger partial charge in [-0.3, -0.25) is 4.79 Å². The van der Waals surface area contributed by atoms with Crippen LogP contribution in [0.15, 0.2) is 12.1 Å². The summed E-state index contributed by atoms with van der Waals surface area (Å²) in [5, 5.41) is 0. The zero-order valence-electron chi connectivity index (χ0n) is 7.23. The molecule has 0 aliphatic rings. The van der Waals surface area contributed by atoms with Gasteiger partial charge in [-0.1, -0.05) is 0 Å². The van der Waals surface area contributed by atoms with Crippen LogP contribution in [-0.4, -0.2) is 12.9 Å². The highest BCUT2D eigenvalue weighted by atomic mass is 19.1. The molecule has 0 bridgehead atoms. The van der Waals surface area contributed by atoms with E-state index in [4.69, 9.17) is 0 Å². The van der Waals surface area contributed by atoms with Crippen LogP contribution in [0.3, 0.4) is 0 Å². The number of rotatable bonds is 2. The third-order valence-electron chi connectivity index (χ3n) is 1.59. The zero-order chi connectivity index (χ0) is 10.0. The maximum atomic E-state index is 13.0. The zero-order valence-corrected chi connectivity index (χ0v) is 7.23. The van der Waals surface area contributed by atoms with Crippen molar-refractivity contribution in [3.63, 3.8) is 0 Å². The first-order valence-corrected chi connectivity index (χ1v) is 3.60. The highest BCUT2D eigenvalue weighted by Crippen LogP contribution is 2.24. The minimum atomic E-state index is -0.868. The molecule has 0 radical (unpaired) electrons. The standard InChI is InChI=1S/C9H8F2O2/c1-5(12)7-3-6(10)4-8(11)9(7)13-2/h3-4H,1-2H3. The molecule has 1 aromatic carbocycles. The van der Waals surface area contributed by atoms with Crippen molar-refractivity contribution in [2.24, 2.45) is 0 Å². The summed E-state index contributed by atoms with van der Waals surface area (Å²) in [6, 6.07) is 1.62. The van der Waals surface area contributed by atoms with Gasteiger partial charge in [0.05, 0.1) is 12.7 Å². The normalized spacial score (nSPS) is 9.85. The fourth-order valence-electron chi connectivity index (χ4n) is 1.03. The molecule has 0 heterocycles. The third-order valence-corrected chi connectivity index (χ3v) is 1.59. The van der Waals surface area contributed by atoms with Gasteiger partial charge < -0.3 is 4.74 Å². The monoisotopic (exact) mass is 186 g/mol. The van der Waals surface area contributed by atoms with E-state index in [0.29, 0.717) is 6.07 Å². The number of carbonyl (C=O) groups is 1. The van der Waals surface area contributed by atoms with Gasteiger partial charge in [0, 0.05) is 6.07 Å². The molecule has 0 fully saturated rings. The van der Waals surface area contributed by atoms with E-state index in [-0.39, 0.29) is 11.3 Å². The SMILES string of the molecule is COc1c(F)cc(F)cc1C(C)=O. The van der Waals surface area contributed by atoms with Crippen LogP contribution in [0.5, 0.6) is 5.75 Å². The number of hydrogen-bond donors (Lipinski definition) is 0. The summed E-state index contributed by atoms with van der Waals surface area (Å²) in [6.45, 7) is 1.22. The summed E-state index contributed by atoms with van der Waals surface area (Å²) in [5.41, 5.74) is -0.0833. The van der Waals surface area contributed by atoms with Crippen molar-refractivity contribution in [2.45, 2.75) is 6.92 Å². The molecule has 0 saturated heterocycles. The number of ether oxygens (including phenoxy) is 1. The minimum absolute atomic E-state index is 0.0833. The number of halogens is 2. The van der Waals surface area contributed by atoms with Crippen LogP contribution in [0.1, 0.15) is 17.3 Å². The van der Waals surface area contributed by atoms with Crippen LogP contribution in [0.2, 0.25) is 0 Å². The number of benzene rings is 1. The third kappa shape index (κ3) is 1.83. The molecule has 0 aromatic heterocycles. The average Bonchev–Trinajstić information content (AvgIpc) is 2.02. The predicted octanol–water partition coefficient (Wildman–Crippen LogP) is 2.18. The topological polar surface area (TPSA) is 26.3 Å². The van der Waals surface area contributed by atoms with Crippen molar-refractivity contribution in [1.82, 2.24) is 0 Å². The molecule has 0 amide bonds. The number of Topliss-reactive ketones (excluding diaryl/α,β-unsaturated/α-hetero) is 1. The molecule has 0 saturated carbocycles. The Morgan fingerprint density at radius 3 is 2.46 bits per heavy atom. The van der Waals surface area contributed by atoms with Crippen molar-refractivity contribution in [1.29, 1.82) is 0 Å². The van der Waals surface area contributed by atoms with Gasteiger partial charge in [-0.2, -0.15) is 0 Å². The van der Waals surface area contributed by atoms with Gasteiger partial charge in [-0.05, 0) is 13.0 Å². The summed E-state index contributed by atoms with van der Waals surface area (Å²) in [7, 11) is 1.22. The van der Waals surface area contributed by atoms with Crippen molar-refractivity contribution in [3.05, 3.63) is 29.3 Å².